The number of hydrogen-bond acceptors (Lipinski definition) is 6. The van der Waals surface area contributed by atoms with E-state index in [1.807, 2.05) is 0 Å². The van der Waals surface area contributed by atoms with Crippen LogP contribution in [0.3, 0.4) is 0 Å². The van der Waals surface area contributed by atoms with Crippen LogP contribution in [0.15, 0.2) is 30.5 Å². The van der Waals surface area contributed by atoms with E-state index in [-0.39, 0.29) is 22.9 Å². The summed E-state index contributed by atoms with van der Waals surface area (Å²) in [6.45, 7) is 5.94. The molecule has 5 atom stereocenters. The second-order valence-electron chi connectivity index (χ2n) is 10.8. The second kappa shape index (κ2) is 8.75. The Bertz CT molecular complexity index is 1010. The largest absolute Gasteiger partial charge is 0.434 e. The summed E-state index contributed by atoms with van der Waals surface area (Å²) in [5.41, 5.74) is 5.38. The van der Waals surface area contributed by atoms with Gasteiger partial charge in [0.1, 0.15) is 0 Å². The van der Waals surface area contributed by atoms with E-state index in [2.05, 4.69) is 33.9 Å². The highest BCUT2D eigenvalue weighted by molar-refractivity contribution is 5.63. The summed E-state index contributed by atoms with van der Waals surface area (Å²) in [4.78, 5) is 5.86. The maximum Gasteiger partial charge on any atom is 0.434 e. The SMILES string of the molecule is CC1(C)C[C@@H](CC2C3CC(N)CC3CN2c2ccc(-c3cccnc3C(F)(F)F)nn2)CCO1. The Morgan fingerprint density at radius 2 is 2.00 bits per heavy atom. The third-order valence-electron chi connectivity index (χ3n) is 7.78. The zero-order chi connectivity index (χ0) is 24.1. The lowest BCUT2D eigenvalue weighted by Gasteiger charge is -2.39. The maximum atomic E-state index is 13.4. The molecule has 4 heterocycles. The van der Waals surface area contributed by atoms with Crippen molar-refractivity contribution in [2.24, 2.45) is 23.5 Å². The standard InChI is InChI=1S/C25H32F3N5O/c1-24(2)13-15(7-9-34-24)10-21-19-12-17(29)11-16(19)14-33(21)22-6-5-20(31-32-22)18-4-3-8-30-23(18)25(26,27)28/h3-6,8,15-17,19,21H,7,9-14,29H2,1-2H3/t15-,16?,17?,19?,21?/m1/s1. The molecule has 4 unspecified atom stereocenters. The summed E-state index contributed by atoms with van der Waals surface area (Å²) in [6.07, 6.45) is 1.72. The molecule has 1 saturated carbocycles. The summed E-state index contributed by atoms with van der Waals surface area (Å²) < 4.78 is 46.2. The molecule has 0 amide bonds. The second-order valence-corrected chi connectivity index (χ2v) is 10.8. The van der Waals surface area contributed by atoms with Gasteiger partial charge in [-0.3, -0.25) is 4.98 Å². The van der Waals surface area contributed by atoms with E-state index < -0.39 is 11.9 Å². The van der Waals surface area contributed by atoms with Gasteiger partial charge in [-0.05, 0) is 88.0 Å². The Morgan fingerprint density at radius 3 is 2.71 bits per heavy atom. The first-order valence-electron chi connectivity index (χ1n) is 12.1. The zero-order valence-electron chi connectivity index (χ0n) is 19.6. The van der Waals surface area contributed by atoms with Gasteiger partial charge in [0.25, 0.3) is 0 Å². The average molecular weight is 476 g/mol. The molecule has 3 aliphatic rings. The van der Waals surface area contributed by atoms with Gasteiger partial charge in [0.15, 0.2) is 11.5 Å². The molecular weight excluding hydrogens is 443 g/mol. The monoisotopic (exact) mass is 475 g/mol. The smallest absolute Gasteiger partial charge is 0.376 e. The van der Waals surface area contributed by atoms with Crippen molar-refractivity contribution in [1.29, 1.82) is 0 Å². The average Bonchev–Trinajstić information content (AvgIpc) is 3.29. The molecule has 0 aromatic carbocycles. The van der Waals surface area contributed by atoms with Crippen LogP contribution in [-0.2, 0) is 10.9 Å². The van der Waals surface area contributed by atoms with E-state index in [4.69, 9.17) is 10.5 Å². The number of nitrogens with zero attached hydrogens (tertiary/aromatic N) is 4. The van der Waals surface area contributed by atoms with Crippen molar-refractivity contribution in [1.82, 2.24) is 15.2 Å². The van der Waals surface area contributed by atoms with Gasteiger partial charge in [0.2, 0.25) is 0 Å². The first-order valence-corrected chi connectivity index (χ1v) is 12.1. The Morgan fingerprint density at radius 1 is 1.18 bits per heavy atom. The van der Waals surface area contributed by atoms with Crippen molar-refractivity contribution in [3.63, 3.8) is 0 Å². The van der Waals surface area contributed by atoms with Gasteiger partial charge in [0.05, 0.1) is 11.3 Å². The summed E-state index contributed by atoms with van der Waals surface area (Å²) in [5.74, 6) is 2.31. The van der Waals surface area contributed by atoms with Gasteiger partial charge in [-0.1, -0.05) is 0 Å². The minimum absolute atomic E-state index is 0.0562. The van der Waals surface area contributed by atoms with E-state index in [9.17, 15) is 13.2 Å². The van der Waals surface area contributed by atoms with Gasteiger partial charge >= 0.3 is 6.18 Å². The molecule has 2 aromatic heterocycles. The lowest BCUT2D eigenvalue weighted by atomic mass is 9.80. The molecule has 184 valence electrons. The molecule has 0 bridgehead atoms. The van der Waals surface area contributed by atoms with E-state index in [0.29, 0.717) is 23.8 Å². The predicted molar refractivity (Wildman–Crippen MR) is 123 cm³/mol. The highest BCUT2D eigenvalue weighted by Crippen LogP contribution is 2.46. The fraction of sp³-hybridized carbons (Fsp3) is 0.640. The van der Waals surface area contributed by atoms with Crippen LogP contribution >= 0.6 is 0 Å². The zero-order valence-corrected chi connectivity index (χ0v) is 19.6. The molecule has 3 fully saturated rings. The number of hydrogen-bond donors (Lipinski definition) is 1. The molecule has 34 heavy (non-hydrogen) atoms. The molecule has 2 aliphatic heterocycles. The number of fused-ring (bicyclic) bond motifs is 1. The highest BCUT2D eigenvalue weighted by atomic mass is 19.4. The van der Waals surface area contributed by atoms with Gasteiger partial charge in [-0.15, -0.1) is 10.2 Å². The third kappa shape index (κ3) is 4.64. The number of anilines is 1. The molecule has 5 rings (SSSR count). The van der Waals surface area contributed by atoms with Crippen LogP contribution in [0, 0.1) is 17.8 Å². The number of aromatic nitrogens is 3. The number of halogens is 3. The summed E-state index contributed by atoms with van der Waals surface area (Å²) >= 11 is 0. The topological polar surface area (TPSA) is 77.2 Å². The van der Waals surface area contributed by atoms with Crippen LogP contribution in [0.4, 0.5) is 19.0 Å². The number of alkyl halides is 3. The third-order valence-corrected chi connectivity index (χ3v) is 7.78. The van der Waals surface area contributed by atoms with Crippen LogP contribution in [0.25, 0.3) is 11.3 Å². The minimum atomic E-state index is -4.55. The molecule has 9 heteroatoms. The number of nitrogens with two attached hydrogens (primary N) is 1. The quantitative estimate of drug-likeness (QED) is 0.691. The van der Waals surface area contributed by atoms with Crippen LogP contribution < -0.4 is 10.6 Å². The van der Waals surface area contributed by atoms with Crippen molar-refractivity contribution in [3.8, 4) is 11.3 Å². The van der Waals surface area contributed by atoms with Gasteiger partial charge in [-0.2, -0.15) is 13.2 Å². The Hall–Kier alpha value is -2.26. The van der Waals surface area contributed by atoms with Crippen molar-refractivity contribution >= 4 is 5.82 Å². The van der Waals surface area contributed by atoms with E-state index in [1.165, 1.54) is 12.1 Å². The fourth-order valence-electron chi connectivity index (χ4n) is 6.43. The normalized spacial score (nSPS) is 31.0. The lowest BCUT2D eigenvalue weighted by Crippen LogP contribution is -2.40. The Labute approximate surface area is 198 Å². The molecule has 2 aromatic rings. The molecule has 1 aliphatic carbocycles. The Kier molecular flexibility index (Phi) is 6.04. The van der Waals surface area contributed by atoms with Crippen molar-refractivity contribution in [2.75, 3.05) is 18.1 Å². The first kappa shape index (κ1) is 23.5. The summed E-state index contributed by atoms with van der Waals surface area (Å²) in [6, 6.07) is 6.85. The first-order chi connectivity index (χ1) is 16.1. The molecule has 2 N–H and O–H groups in total. The van der Waals surface area contributed by atoms with Crippen LogP contribution in [0.1, 0.15) is 51.6 Å². The van der Waals surface area contributed by atoms with E-state index in [0.717, 1.165) is 57.3 Å². The predicted octanol–water partition coefficient (Wildman–Crippen LogP) is 4.69. The van der Waals surface area contributed by atoms with Crippen molar-refractivity contribution in [2.45, 2.75) is 69.8 Å². The van der Waals surface area contributed by atoms with Crippen molar-refractivity contribution in [3.05, 3.63) is 36.2 Å². The number of ether oxygens (including phenoxy) is 1. The molecule has 6 nitrogen and oxygen atoms in total. The maximum absolute atomic E-state index is 13.4. The van der Waals surface area contributed by atoms with Crippen LogP contribution in [0.2, 0.25) is 0 Å². The lowest BCUT2D eigenvalue weighted by molar-refractivity contribution is -0.140. The number of pyridine rings is 1. The van der Waals surface area contributed by atoms with Gasteiger partial charge < -0.3 is 15.4 Å². The van der Waals surface area contributed by atoms with Crippen LogP contribution in [-0.4, -0.2) is 46.0 Å². The van der Waals surface area contributed by atoms with E-state index >= 15 is 0 Å². The van der Waals surface area contributed by atoms with Crippen LogP contribution in [0.5, 0.6) is 0 Å². The Balaban J connectivity index is 1.40. The minimum Gasteiger partial charge on any atom is -0.376 e. The summed E-state index contributed by atoms with van der Waals surface area (Å²) in [5, 5.41) is 8.61. The van der Waals surface area contributed by atoms with Crippen molar-refractivity contribution < 1.29 is 17.9 Å². The van der Waals surface area contributed by atoms with E-state index in [1.54, 1.807) is 12.1 Å². The molecule has 2 saturated heterocycles. The molecule has 0 radical (unpaired) electrons. The summed E-state index contributed by atoms with van der Waals surface area (Å²) in [7, 11) is 0. The number of rotatable bonds is 4. The van der Waals surface area contributed by atoms with Gasteiger partial charge in [-0.25, -0.2) is 0 Å². The molecular formula is C25H32F3N5O. The van der Waals surface area contributed by atoms with Gasteiger partial charge in [0, 0.05) is 37.0 Å². The molecule has 0 spiro atoms. The fourth-order valence-corrected chi connectivity index (χ4v) is 6.43. The highest BCUT2D eigenvalue weighted by Gasteiger charge is 2.48.